The summed E-state index contributed by atoms with van der Waals surface area (Å²) >= 11 is 0. The zero-order chi connectivity index (χ0) is 16.4. The Hall–Kier alpha value is -3.54. The molecule has 0 fully saturated rings. The van der Waals surface area contributed by atoms with Gasteiger partial charge in [-0.1, -0.05) is 48.5 Å². The SMILES string of the molecule is O=c1[nH]ncc2nc(-c3ccccc3)nc(Nc3ccccc3)c12. The van der Waals surface area contributed by atoms with E-state index in [2.05, 4.69) is 25.5 Å². The number of anilines is 2. The Labute approximate surface area is 137 Å². The quantitative estimate of drug-likeness (QED) is 0.607. The molecule has 0 aliphatic rings. The lowest BCUT2D eigenvalue weighted by Crippen LogP contribution is -2.12. The van der Waals surface area contributed by atoms with Crippen LogP contribution in [0.4, 0.5) is 11.5 Å². The Bertz CT molecular complexity index is 1050. The van der Waals surface area contributed by atoms with Crippen LogP contribution in [0.5, 0.6) is 0 Å². The molecule has 116 valence electrons. The summed E-state index contributed by atoms with van der Waals surface area (Å²) in [6.45, 7) is 0. The molecule has 0 bridgehead atoms. The first-order valence-electron chi connectivity index (χ1n) is 7.44. The predicted octanol–water partition coefficient (Wildman–Crippen LogP) is 3.12. The van der Waals surface area contributed by atoms with Crippen molar-refractivity contribution in [2.75, 3.05) is 5.32 Å². The molecule has 6 heteroatoms. The van der Waals surface area contributed by atoms with Gasteiger partial charge in [-0.3, -0.25) is 4.79 Å². The van der Waals surface area contributed by atoms with Gasteiger partial charge in [0.05, 0.1) is 6.20 Å². The van der Waals surface area contributed by atoms with E-state index < -0.39 is 0 Å². The summed E-state index contributed by atoms with van der Waals surface area (Å²) in [6.07, 6.45) is 1.53. The molecule has 0 atom stereocenters. The van der Waals surface area contributed by atoms with Gasteiger partial charge in [0.25, 0.3) is 5.56 Å². The molecule has 0 spiro atoms. The van der Waals surface area contributed by atoms with Gasteiger partial charge < -0.3 is 5.32 Å². The number of aromatic nitrogens is 4. The normalized spacial score (nSPS) is 10.7. The summed E-state index contributed by atoms with van der Waals surface area (Å²) < 4.78 is 0. The first-order chi connectivity index (χ1) is 11.8. The first kappa shape index (κ1) is 14.1. The van der Waals surface area contributed by atoms with Gasteiger partial charge >= 0.3 is 0 Å². The number of benzene rings is 2. The highest BCUT2D eigenvalue weighted by Gasteiger charge is 2.13. The Morgan fingerprint density at radius 2 is 1.58 bits per heavy atom. The first-order valence-corrected chi connectivity index (χ1v) is 7.44. The van der Waals surface area contributed by atoms with Crippen molar-refractivity contribution in [3.05, 3.63) is 77.2 Å². The van der Waals surface area contributed by atoms with Gasteiger partial charge in [0.15, 0.2) is 5.82 Å². The summed E-state index contributed by atoms with van der Waals surface area (Å²) in [5.41, 5.74) is 1.88. The number of rotatable bonds is 3. The van der Waals surface area contributed by atoms with E-state index in [1.54, 1.807) is 0 Å². The zero-order valence-electron chi connectivity index (χ0n) is 12.6. The van der Waals surface area contributed by atoms with E-state index in [1.807, 2.05) is 60.7 Å². The number of nitrogens with one attached hydrogen (secondary N) is 2. The molecule has 0 aliphatic carbocycles. The molecule has 2 aromatic heterocycles. The molecule has 2 aromatic carbocycles. The smallest absolute Gasteiger partial charge is 0.277 e. The lowest BCUT2D eigenvalue weighted by atomic mass is 10.2. The Morgan fingerprint density at radius 1 is 0.875 bits per heavy atom. The second-order valence-corrected chi connectivity index (χ2v) is 5.21. The number of para-hydroxylation sites is 1. The predicted molar refractivity (Wildman–Crippen MR) is 93.1 cm³/mol. The third-order valence-corrected chi connectivity index (χ3v) is 3.59. The van der Waals surface area contributed by atoms with Crippen LogP contribution in [0.25, 0.3) is 22.3 Å². The lowest BCUT2D eigenvalue weighted by molar-refractivity contribution is 1.00. The molecule has 2 heterocycles. The van der Waals surface area contributed by atoms with Crippen molar-refractivity contribution in [1.29, 1.82) is 0 Å². The summed E-state index contributed by atoms with van der Waals surface area (Å²) in [5.74, 6) is 0.989. The molecule has 0 amide bonds. The number of H-pyrrole nitrogens is 1. The van der Waals surface area contributed by atoms with Crippen LogP contribution in [-0.2, 0) is 0 Å². The number of fused-ring (bicyclic) bond motifs is 1. The van der Waals surface area contributed by atoms with Gasteiger partial charge in [0.2, 0.25) is 0 Å². The van der Waals surface area contributed by atoms with E-state index in [1.165, 1.54) is 6.20 Å². The maximum Gasteiger partial charge on any atom is 0.277 e. The third-order valence-electron chi connectivity index (χ3n) is 3.59. The van der Waals surface area contributed by atoms with Gasteiger partial charge in [-0.2, -0.15) is 5.10 Å². The summed E-state index contributed by atoms with van der Waals surface area (Å²) in [7, 11) is 0. The van der Waals surface area contributed by atoms with Crippen molar-refractivity contribution < 1.29 is 0 Å². The van der Waals surface area contributed by atoms with E-state index in [0.29, 0.717) is 22.5 Å². The topological polar surface area (TPSA) is 83.6 Å². The van der Waals surface area contributed by atoms with E-state index in [-0.39, 0.29) is 5.56 Å². The molecule has 0 radical (unpaired) electrons. The fourth-order valence-corrected chi connectivity index (χ4v) is 2.47. The molecule has 4 aromatic rings. The van der Waals surface area contributed by atoms with Crippen LogP contribution >= 0.6 is 0 Å². The van der Waals surface area contributed by atoms with Crippen LogP contribution in [0.15, 0.2) is 71.7 Å². The van der Waals surface area contributed by atoms with Gasteiger partial charge in [-0.15, -0.1) is 0 Å². The van der Waals surface area contributed by atoms with Crippen LogP contribution < -0.4 is 10.9 Å². The minimum atomic E-state index is -0.328. The Balaban J connectivity index is 1.94. The van der Waals surface area contributed by atoms with Gasteiger partial charge in [0, 0.05) is 11.3 Å². The van der Waals surface area contributed by atoms with Gasteiger partial charge in [0.1, 0.15) is 16.7 Å². The van der Waals surface area contributed by atoms with Crippen molar-refractivity contribution in [3.63, 3.8) is 0 Å². The second-order valence-electron chi connectivity index (χ2n) is 5.21. The summed E-state index contributed by atoms with van der Waals surface area (Å²) in [5, 5.41) is 9.86. The fraction of sp³-hybridized carbons (Fsp3) is 0. The minimum Gasteiger partial charge on any atom is -0.339 e. The van der Waals surface area contributed by atoms with Crippen molar-refractivity contribution in [2.45, 2.75) is 0 Å². The maximum absolute atomic E-state index is 12.2. The van der Waals surface area contributed by atoms with Crippen molar-refractivity contribution >= 4 is 22.4 Å². The molecule has 0 saturated carbocycles. The van der Waals surface area contributed by atoms with E-state index in [0.717, 1.165) is 11.3 Å². The lowest BCUT2D eigenvalue weighted by Gasteiger charge is -2.10. The van der Waals surface area contributed by atoms with Crippen molar-refractivity contribution in [1.82, 2.24) is 20.2 Å². The standard InChI is InChI=1S/C18H13N5O/c24-18-15-14(11-19-23-18)21-16(12-7-3-1-4-8-12)22-17(15)20-13-9-5-2-6-10-13/h1-11H,(H,23,24)(H,20,21,22). The van der Waals surface area contributed by atoms with E-state index in [9.17, 15) is 4.79 Å². The van der Waals surface area contributed by atoms with E-state index >= 15 is 0 Å². The average molecular weight is 315 g/mol. The Kier molecular flexibility index (Phi) is 3.47. The van der Waals surface area contributed by atoms with Gasteiger partial charge in [-0.05, 0) is 12.1 Å². The van der Waals surface area contributed by atoms with Crippen LogP contribution in [0.3, 0.4) is 0 Å². The van der Waals surface area contributed by atoms with Gasteiger partial charge in [-0.25, -0.2) is 15.1 Å². The molecular formula is C18H13N5O. The average Bonchev–Trinajstić information content (AvgIpc) is 2.63. The highest BCUT2D eigenvalue weighted by Crippen LogP contribution is 2.24. The van der Waals surface area contributed by atoms with Crippen LogP contribution in [-0.4, -0.2) is 20.2 Å². The van der Waals surface area contributed by atoms with Crippen LogP contribution in [0, 0.1) is 0 Å². The third kappa shape index (κ3) is 2.61. The molecule has 0 saturated heterocycles. The monoisotopic (exact) mass is 315 g/mol. The molecule has 24 heavy (non-hydrogen) atoms. The second kappa shape index (κ2) is 5.92. The molecule has 0 unspecified atom stereocenters. The number of nitrogens with zero attached hydrogens (tertiary/aromatic N) is 3. The van der Waals surface area contributed by atoms with E-state index in [4.69, 9.17) is 0 Å². The zero-order valence-corrected chi connectivity index (χ0v) is 12.6. The fourth-order valence-electron chi connectivity index (χ4n) is 2.47. The summed E-state index contributed by atoms with van der Waals surface area (Å²) in [6, 6.07) is 19.2. The molecular weight excluding hydrogens is 302 g/mol. The summed E-state index contributed by atoms with van der Waals surface area (Å²) in [4.78, 5) is 21.2. The molecule has 2 N–H and O–H groups in total. The van der Waals surface area contributed by atoms with Crippen LogP contribution in [0.1, 0.15) is 0 Å². The largest absolute Gasteiger partial charge is 0.339 e. The Morgan fingerprint density at radius 3 is 2.33 bits per heavy atom. The highest BCUT2D eigenvalue weighted by atomic mass is 16.1. The molecule has 4 rings (SSSR count). The van der Waals surface area contributed by atoms with Crippen molar-refractivity contribution in [3.8, 4) is 11.4 Å². The maximum atomic E-state index is 12.2. The highest BCUT2D eigenvalue weighted by molar-refractivity contribution is 5.90. The number of hydrogen-bond acceptors (Lipinski definition) is 5. The van der Waals surface area contributed by atoms with Crippen molar-refractivity contribution in [2.24, 2.45) is 0 Å². The molecule has 0 aliphatic heterocycles. The number of hydrogen-bond donors (Lipinski definition) is 2. The van der Waals surface area contributed by atoms with Crippen LogP contribution in [0.2, 0.25) is 0 Å². The minimum absolute atomic E-state index is 0.328. The number of aromatic amines is 1. The molecule has 6 nitrogen and oxygen atoms in total.